The fraction of sp³-hybridized carbons (Fsp3) is 0.278. The molecule has 6 heteroatoms. The van der Waals surface area contributed by atoms with Crippen molar-refractivity contribution in [3.8, 4) is 0 Å². The minimum absolute atomic E-state index is 0.0899. The molecule has 124 valence electrons. The van der Waals surface area contributed by atoms with Gasteiger partial charge in [-0.25, -0.2) is 0 Å². The zero-order chi connectivity index (χ0) is 16.8. The van der Waals surface area contributed by atoms with Crippen molar-refractivity contribution in [1.82, 2.24) is 19.7 Å². The molecular formula is C18H20N4O2. The number of aryl methyl sites for hydroxylation is 2. The fourth-order valence-electron chi connectivity index (χ4n) is 2.54. The second-order valence-electron chi connectivity index (χ2n) is 5.71. The summed E-state index contributed by atoms with van der Waals surface area (Å²) < 4.78 is 7.15. The normalized spacial score (nSPS) is 10.7. The SMILES string of the molecule is Cn1cc(CCC(=O)N(Cc2ccncc2)Cc2ccco2)cn1. The van der Waals surface area contributed by atoms with Gasteiger partial charge in [0.05, 0.1) is 19.0 Å². The molecule has 0 spiro atoms. The smallest absolute Gasteiger partial charge is 0.223 e. The minimum atomic E-state index is 0.0899. The van der Waals surface area contributed by atoms with Crippen molar-refractivity contribution in [2.24, 2.45) is 7.05 Å². The third-order valence-electron chi connectivity index (χ3n) is 3.79. The van der Waals surface area contributed by atoms with Crippen LogP contribution in [-0.2, 0) is 31.4 Å². The molecule has 0 N–H and O–H groups in total. The summed E-state index contributed by atoms with van der Waals surface area (Å²) in [4.78, 5) is 18.5. The van der Waals surface area contributed by atoms with E-state index in [1.54, 1.807) is 29.5 Å². The number of carbonyl (C=O) groups excluding carboxylic acids is 1. The Balaban J connectivity index is 1.66. The summed E-state index contributed by atoms with van der Waals surface area (Å²) in [6.07, 6.45) is 9.95. The molecule has 1 amide bonds. The molecule has 6 nitrogen and oxygen atoms in total. The van der Waals surface area contributed by atoms with Gasteiger partial charge in [-0.05, 0) is 41.8 Å². The van der Waals surface area contributed by atoms with Crippen LogP contribution in [0.1, 0.15) is 23.3 Å². The van der Waals surface area contributed by atoms with Crippen molar-refractivity contribution in [2.75, 3.05) is 0 Å². The van der Waals surface area contributed by atoms with E-state index in [4.69, 9.17) is 4.42 Å². The summed E-state index contributed by atoms with van der Waals surface area (Å²) in [5.41, 5.74) is 2.11. The maximum absolute atomic E-state index is 12.7. The number of rotatable bonds is 7. The third-order valence-corrected chi connectivity index (χ3v) is 3.79. The molecule has 0 unspecified atom stereocenters. The highest BCUT2D eigenvalue weighted by Crippen LogP contribution is 2.13. The number of hydrogen-bond donors (Lipinski definition) is 0. The molecule has 0 atom stereocenters. The number of carbonyl (C=O) groups is 1. The van der Waals surface area contributed by atoms with E-state index in [1.807, 2.05) is 42.4 Å². The minimum Gasteiger partial charge on any atom is -0.467 e. The molecular weight excluding hydrogens is 304 g/mol. The van der Waals surface area contributed by atoms with E-state index >= 15 is 0 Å². The molecule has 3 rings (SSSR count). The Labute approximate surface area is 140 Å². The number of hydrogen-bond acceptors (Lipinski definition) is 4. The quantitative estimate of drug-likeness (QED) is 0.670. The molecule has 0 fully saturated rings. The van der Waals surface area contributed by atoms with E-state index in [0.717, 1.165) is 16.9 Å². The topological polar surface area (TPSA) is 64.2 Å². The van der Waals surface area contributed by atoms with Gasteiger partial charge in [0, 0.05) is 38.6 Å². The lowest BCUT2D eigenvalue weighted by atomic mass is 10.1. The predicted octanol–water partition coefficient (Wildman–Crippen LogP) is 2.57. The van der Waals surface area contributed by atoms with E-state index in [9.17, 15) is 4.79 Å². The van der Waals surface area contributed by atoms with E-state index in [1.165, 1.54) is 0 Å². The molecule has 3 aromatic rings. The van der Waals surface area contributed by atoms with Crippen LogP contribution in [0, 0.1) is 0 Å². The van der Waals surface area contributed by atoms with Gasteiger partial charge in [0.1, 0.15) is 5.76 Å². The molecule has 0 aliphatic carbocycles. The first-order valence-corrected chi connectivity index (χ1v) is 7.87. The van der Waals surface area contributed by atoms with Crippen LogP contribution in [0.5, 0.6) is 0 Å². The first-order valence-electron chi connectivity index (χ1n) is 7.87. The summed E-state index contributed by atoms with van der Waals surface area (Å²) in [5.74, 6) is 0.867. The van der Waals surface area contributed by atoms with Crippen molar-refractivity contribution in [3.05, 3.63) is 72.2 Å². The first-order chi connectivity index (χ1) is 11.7. The van der Waals surface area contributed by atoms with Crippen LogP contribution in [0.3, 0.4) is 0 Å². The molecule has 3 aromatic heterocycles. The van der Waals surface area contributed by atoms with E-state index in [2.05, 4.69) is 10.1 Å². The highest BCUT2D eigenvalue weighted by atomic mass is 16.3. The van der Waals surface area contributed by atoms with Gasteiger partial charge < -0.3 is 9.32 Å². The van der Waals surface area contributed by atoms with Crippen LogP contribution in [0.2, 0.25) is 0 Å². The largest absolute Gasteiger partial charge is 0.467 e. The predicted molar refractivity (Wildman–Crippen MR) is 88.7 cm³/mol. The number of aromatic nitrogens is 3. The van der Waals surface area contributed by atoms with Gasteiger partial charge in [-0.15, -0.1) is 0 Å². The maximum atomic E-state index is 12.7. The van der Waals surface area contributed by atoms with Crippen molar-refractivity contribution in [1.29, 1.82) is 0 Å². The van der Waals surface area contributed by atoms with Crippen LogP contribution in [0.25, 0.3) is 0 Å². The standard InChI is InChI=1S/C18H20N4O2/c1-21-12-16(11-20-21)4-5-18(23)22(14-17-3-2-10-24-17)13-15-6-8-19-9-7-15/h2-3,6-12H,4-5,13-14H2,1H3. The average Bonchev–Trinajstić information content (AvgIpc) is 3.24. The van der Waals surface area contributed by atoms with Gasteiger partial charge in [0.25, 0.3) is 0 Å². The second kappa shape index (κ2) is 7.59. The van der Waals surface area contributed by atoms with Gasteiger partial charge in [-0.1, -0.05) is 0 Å². The lowest BCUT2D eigenvalue weighted by molar-refractivity contribution is -0.132. The van der Waals surface area contributed by atoms with Crippen molar-refractivity contribution >= 4 is 5.91 Å². The zero-order valence-electron chi connectivity index (χ0n) is 13.6. The molecule has 0 radical (unpaired) electrons. The van der Waals surface area contributed by atoms with Crippen LogP contribution in [0.15, 0.2) is 59.7 Å². The molecule has 0 saturated carbocycles. The monoisotopic (exact) mass is 324 g/mol. The molecule has 3 heterocycles. The van der Waals surface area contributed by atoms with Gasteiger partial charge >= 0.3 is 0 Å². The highest BCUT2D eigenvalue weighted by molar-refractivity contribution is 5.76. The van der Waals surface area contributed by atoms with Gasteiger partial charge in [-0.3, -0.25) is 14.5 Å². The Bertz CT molecular complexity index is 765. The number of nitrogens with zero attached hydrogens (tertiary/aromatic N) is 4. The second-order valence-corrected chi connectivity index (χ2v) is 5.71. The Kier molecular flexibility index (Phi) is 5.05. The number of furan rings is 1. The van der Waals surface area contributed by atoms with Crippen molar-refractivity contribution < 1.29 is 9.21 Å². The summed E-state index contributed by atoms with van der Waals surface area (Å²) in [7, 11) is 1.87. The molecule has 24 heavy (non-hydrogen) atoms. The third kappa shape index (κ3) is 4.32. The van der Waals surface area contributed by atoms with Gasteiger partial charge in [-0.2, -0.15) is 5.10 Å². The first kappa shape index (κ1) is 16.0. The van der Waals surface area contributed by atoms with E-state index in [-0.39, 0.29) is 5.91 Å². The van der Waals surface area contributed by atoms with Gasteiger partial charge in [0.15, 0.2) is 0 Å². The lowest BCUT2D eigenvalue weighted by Crippen LogP contribution is -2.30. The Morgan fingerprint density at radius 2 is 2.04 bits per heavy atom. The number of pyridine rings is 1. The molecule has 0 aromatic carbocycles. The van der Waals surface area contributed by atoms with Gasteiger partial charge in [0.2, 0.25) is 5.91 Å². The highest BCUT2D eigenvalue weighted by Gasteiger charge is 2.16. The Morgan fingerprint density at radius 1 is 1.21 bits per heavy atom. The van der Waals surface area contributed by atoms with E-state index in [0.29, 0.717) is 25.9 Å². The van der Waals surface area contributed by atoms with Crippen LogP contribution < -0.4 is 0 Å². The summed E-state index contributed by atoms with van der Waals surface area (Å²) in [6.45, 7) is 0.996. The molecule has 0 aliphatic heterocycles. The maximum Gasteiger partial charge on any atom is 0.223 e. The van der Waals surface area contributed by atoms with Crippen molar-refractivity contribution in [3.63, 3.8) is 0 Å². The summed E-state index contributed by atoms with van der Waals surface area (Å²) in [6, 6.07) is 7.56. The molecule has 0 aliphatic rings. The summed E-state index contributed by atoms with van der Waals surface area (Å²) >= 11 is 0. The van der Waals surface area contributed by atoms with Crippen molar-refractivity contribution in [2.45, 2.75) is 25.9 Å². The Hall–Kier alpha value is -2.89. The zero-order valence-corrected chi connectivity index (χ0v) is 13.6. The molecule has 0 saturated heterocycles. The summed E-state index contributed by atoms with van der Waals surface area (Å²) in [5, 5.41) is 4.14. The Morgan fingerprint density at radius 3 is 2.71 bits per heavy atom. The van der Waals surface area contributed by atoms with Crippen LogP contribution in [-0.4, -0.2) is 25.6 Å². The van der Waals surface area contributed by atoms with Crippen LogP contribution >= 0.6 is 0 Å². The average molecular weight is 324 g/mol. The van der Waals surface area contributed by atoms with E-state index < -0.39 is 0 Å². The van der Waals surface area contributed by atoms with Crippen LogP contribution in [0.4, 0.5) is 0 Å². The fourth-order valence-corrected chi connectivity index (χ4v) is 2.54. The number of amides is 1. The molecule has 0 bridgehead atoms. The lowest BCUT2D eigenvalue weighted by Gasteiger charge is -2.22.